The minimum absolute atomic E-state index is 0.0660. The van der Waals surface area contributed by atoms with Crippen molar-refractivity contribution in [1.82, 2.24) is 26.2 Å². The zero-order valence-electron chi connectivity index (χ0n) is 34.6. The molecule has 0 aromatic heterocycles. The molecule has 316 valence electrons. The van der Waals surface area contributed by atoms with Gasteiger partial charge in [0.15, 0.2) is 0 Å². The topological polar surface area (TPSA) is 223 Å². The zero-order chi connectivity index (χ0) is 42.4. The molecule has 3 rings (SSSR count). The lowest BCUT2D eigenvalue weighted by Crippen LogP contribution is -2.59. The summed E-state index contributed by atoms with van der Waals surface area (Å²) in [5.41, 5.74) is 8.28. The van der Waals surface area contributed by atoms with Crippen molar-refractivity contribution in [2.45, 2.75) is 129 Å². The highest BCUT2D eigenvalue weighted by molar-refractivity contribution is 5.90. The molecule has 2 aromatic carbocycles. The minimum atomic E-state index is -1.29. The highest BCUT2D eigenvalue weighted by Crippen LogP contribution is 2.27. The number of aliphatic hydroxyl groups excluding tert-OH is 2. The number of carboxylic acids is 1. The van der Waals surface area contributed by atoms with E-state index in [-0.39, 0.29) is 36.5 Å². The molecule has 1 saturated heterocycles. The van der Waals surface area contributed by atoms with Gasteiger partial charge < -0.3 is 47.2 Å². The molecule has 0 unspecified atom stereocenters. The minimum Gasteiger partial charge on any atom is -0.480 e. The van der Waals surface area contributed by atoms with Gasteiger partial charge >= 0.3 is 5.97 Å². The number of likely N-dealkylation sites (tertiary alicyclic amines) is 1. The van der Waals surface area contributed by atoms with Crippen molar-refractivity contribution < 1.29 is 39.3 Å². The van der Waals surface area contributed by atoms with Crippen molar-refractivity contribution >= 4 is 35.3 Å². The molecular formula is C43H66N6O8. The van der Waals surface area contributed by atoms with E-state index in [0.29, 0.717) is 44.5 Å². The molecule has 1 heterocycles. The van der Waals surface area contributed by atoms with Gasteiger partial charge in [-0.3, -0.25) is 19.2 Å². The summed E-state index contributed by atoms with van der Waals surface area (Å²) in [5, 5.41) is 44.4. The van der Waals surface area contributed by atoms with Gasteiger partial charge in [-0.05, 0) is 66.8 Å². The molecule has 1 aliphatic rings. The average molecular weight is 795 g/mol. The lowest BCUT2D eigenvalue weighted by molar-refractivity contribution is -0.144. The maximum Gasteiger partial charge on any atom is 0.326 e. The predicted molar refractivity (Wildman–Crippen MR) is 220 cm³/mol. The number of carboxylic acid groups (broad SMARTS) is 1. The van der Waals surface area contributed by atoms with Crippen molar-refractivity contribution in [1.29, 1.82) is 0 Å². The monoisotopic (exact) mass is 794 g/mol. The molecule has 0 bridgehead atoms. The molecule has 1 aliphatic heterocycles. The van der Waals surface area contributed by atoms with Crippen LogP contribution < -0.4 is 27.0 Å². The summed E-state index contributed by atoms with van der Waals surface area (Å²) in [6, 6.07) is 12.2. The number of nitrogen functional groups attached to an aromatic ring is 1. The van der Waals surface area contributed by atoms with Crippen LogP contribution in [0.3, 0.4) is 0 Å². The third kappa shape index (κ3) is 13.8. The van der Waals surface area contributed by atoms with Gasteiger partial charge in [-0.15, -0.1) is 0 Å². The van der Waals surface area contributed by atoms with Crippen LogP contribution in [0.2, 0.25) is 0 Å². The second-order valence-electron chi connectivity index (χ2n) is 16.3. The maximum absolute atomic E-state index is 13.8. The van der Waals surface area contributed by atoms with Gasteiger partial charge in [-0.2, -0.15) is 0 Å². The fourth-order valence-electron chi connectivity index (χ4n) is 7.31. The van der Waals surface area contributed by atoms with E-state index in [1.165, 1.54) is 11.8 Å². The van der Waals surface area contributed by atoms with Gasteiger partial charge in [-0.1, -0.05) is 97.4 Å². The number of hydrogen-bond donors (Lipinski definition) is 8. The highest BCUT2D eigenvalue weighted by Gasteiger charge is 2.41. The van der Waals surface area contributed by atoms with E-state index in [0.717, 1.165) is 11.1 Å². The number of rotatable bonds is 22. The number of nitrogens with one attached hydrogen (secondary N) is 4. The third-order valence-electron chi connectivity index (χ3n) is 11.2. The fourth-order valence-corrected chi connectivity index (χ4v) is 7.31. The summed E-state index contributed by atoms with van der Waals surface area (Å²) in [7, 11) is 0. The van der Waals surface area contributed by atoms with E-state index in [4.69, 9.17) is 5.73 Å². The van der Waals surface area contributed by atoms with E-state index >= 15 is 0 Å². The Morgan fingerprint density at radius 2 is 1.42 bits per heavy atom. The molecule has 57 heavy (non-hydrogen) atoms. The summed E-state index contributed by atoms with van der Waals surface area (Å²) < 4.78 is 0. The number of carbonyl (C=O) groups excluding carboxylic acids is 4. The smallest absolute Gasteiger partial charge is 0.326 e. The lowest BCUT2D eigenvalue weighted by Gasteiger charge is -2.35. The number of carbonyl (C=O) groups is 5. The number of nitrogens with zero attached hydrogens (tertiary/aromatic N) is 1. The third-order valence-corrected chi connectivity index (χ3v) is 11.2. The molecule has 14 heteroatoms. The molecule has 1 fully saturated rings. The Bertz CT molecular complexity index is 1610. The molecule has 0 aliphatic carbocycles. The van der Waals surface area contributed by atoms with Crippen LogP contribution in [-0.2, 0) is 36.8 Å². The first-order chi connectivity index (χ1) is 26.9. The van der Waals surface area contributed by atoms with Gasteiger partial charge in [0.2, 0.25) is 23.6 Å². The van der Waals surface area contributed by atoms with E-state index in [1.807, 2.05) is 71.9 Å². The van der Waals surface area contributed by atoms with Crippen LogP contribution in [0.1, 0.15) is 85.3 Å². The highest BCUT2D eigenvalue weighted by atomic mass is 16.4. The Morgan fingerprint density at radius 3 is 2.00 bits per heavy atom. The Hall–Kier alpha value is -4.53. The summed E-state index contributed by atoms with van der Waals surface area (Å²) in [6.45, 7) is 13.6. The molecule has 0 radical (unpaired) electrons. The van der Waals surface area contributed by atoms with Crippen LogP contribution in [-0.4, -0.2) is 105 Å². The molecule has 2 aromatic rings. The number of anilines is 1. The van der Waals surface area contributed by atoms with Gasteiger partial charge in [0.25, 0.3) is 0 Å². The molecule has 0 saturated carbocycles. The Labute approximate surface area is 337 Å². The predicted octanol–water partition coefficient (Wildman–Crippen LogP) is 2.65. The van der Waals surface area contributed by atoms with E-state index in [1.54, 1.807) is 24.3 Å². The van der Waals surface area contributed by atoms with Crippen LogP contribution in [0.15, 0.2) is 54.6 Å². The standard InChI is InChI=1S/C43H66N6O8/c1-8-27(6)38(48-42(55)37(26(4)5)47-41(54)36(25(2)3)45-21-20-29-16-18-31(44)19-17-29)34(50)24-35(51)49-22-12-15-33(49)39(52)28(7)40(53)46-32(43(56)57)23-30-13-10-9-11-14-30/h9-11,13-14,16-19,25-28,32-34,36-39,45,50,52H,8,12,15,20-24,44H2,1-7H3,(H,46,53)(H,47,54)(H,48,55)(H,56,57)/t27-,28+,32-,33-,34+,36-,37-,38-,39+/m0/s1. The fraction of sp³-hybridized carbons (Fsp3) is 0.605. The SMILES string of the molecule is CC[C@H](C)[C@H](NC(=O)[C@@H](NC(=O)[C@@H](NCCc1ccc(N)cc1)C(C)C)C(C)C)[C@H](O)CC(=O)N1CCC[C@H]1[C@H](O)[C@@H](C)C(=O)N[C@@H](Cc1ccccc1)C(=O)O. The van der Waals surface area contributed by atoms with Crippen LogP contribution in [0.5, 0.6) is 0 Å². The molecule has 4 amide bonds. The zero-order valence-corrected chi connectivity index (χ0v) is 34.6. The Balaban J connectivity index is 1.64. The first-order valence-corrected chi connectivity index (χ1v) is 20.4. The molecular weight excluding hydrogens is 729 g/mol. The molecule has 14 nitrogen and oxygen atoms in total. The van der Waals surface area contributed by atoms with E-state index in [9.17, 15) is 39.3 Å². The normalized spacial score (nSPS) is 18.5. The van der Waals surface area contributed by atoms with Crippen molar-refractivity contribution in [3.63, 3.8) is 0 Å². The lowest BCUT2D eigenvalue weighted by atomic mass is 9.90. The quantitative estimate of drug-likeness (QED) is 0.0814. The average Bonchev–Trinajstić information content (AvgIpc) is 3.67. The first-order valence-electron chi connectivity index (χ1n) is 20.4. The number of aliphatic hydroxyl groups is 2. The van der Waals surface area contributed by atoms with E-state index < -0.39 is 72.0 Å². The number of amides is 4. The van der Waals surface area contributed by atoms with E-state index in [2.05, 4.69) is 21.3 Å². The number of nitrogens with two attached hydrogens (primary N) is 1. The van der Waals surface area contributed by atoms with Gasteiger partial charge in [-0.25, -0.2) is 4.79 Å². The summed E-state index contributed by atoms with van der Waals surface area (Å²) >= 11 is 0. The maximum atomic E-state index is 13.8. The van der Waals surface area contributed by atoms with Crippen molar-refractivity contribution in [3.8, 4) is 0 Å². The molecule has 9 atom stereocenters. The van der Waals surface area contributed by atoms with Gasteiger partial charge in [0, 0.05) is 18.7 Å². The van der Waals surface area contributed by atoms with Crippen LogP contribution >= 0.6 is 0 Å². The summed E-state index contributed by atoms with van der Waals surface area (Å²) in [5.74, 6) is -4.71. The van der Waals surface area contributed by atoms with Crippen LogP contribution in [0.25, 0.3) is 0 Å². The van der Waals surface area contributed by atoms with Crippen molar-refractivity contribution in [3.05, 3.63) is 65.7 Å². The molecule has 0 spiro atoms. The van der Waals surface area contributed by atoms with Crippen molar-refractivity contribution in [2.24, 2.45) is 23.7 Å². The summed E-state index contributed by atoms with van der Waals surface area (Å²) in [6.07, 6.45) is -0.595. The van der Waals surface area contributed by atoms with Gasteiger partial charge in [0.05, 0.1) is 42.7 Å². The van der Waals surface area contributed by atoms with Crippen LogP contribution in [0.4, 0.5) is 5.69 Å². The number of aliphatic carboxylic acids is 1. The Morgan fingerprint density at radius 1 is 0.807 bits per heavy atom. The van der Waals surface area contributed by atoms with Crippen molar-refractivity contribution in [2.75, 3.05) is 18.8 Å². The van der Waals surface area contributed by atoms with Crippen LogP contribution in [0, 0.1) is 23.7 Å². The summed E-state index contributed by atoms with van der Waals surface area (Å²) in [4.78, 5) is 67.8. The first kappa shape index (κ1) is 46.8. The second-order valence-corrected chi connectivity index (χ2v) is 16.3. The number of hydrogen-bond acceptors (Lipinski definition) is 9. The molecule has 9 N–H and O–H groups in total. The Kier molecular flexibility index (Phi) is 18.4. The number of benzene rings is 2. The second kappa shape index (κ2) is 22.4. The van der Waals surface area contributed by atoms with Gasteiger partial charge in [0.1, 0.15) is 12.1 Å². The largest absolute Gasteiger partial charge is 0.480 e.